The first-order chi connectivity index (χ1) is 18.7. The molecule has 39 heavy (non-hydrogen) atoms. The summed E-state index contributed by atoms with van der Waals surface area (Å²) < 4.78 is 17.2. The van der Waals surface area contributed by atoms with Crippen molar-refractivity contribution in [2.75, 3.05) is 46.5 Å². The fourth-order valence-electron chi connectivity index (χ4n) is 4.68. The highest BCUT2D eigenvalue weighted by molar-refractivity contribution is 6.46. The van der Waals surface area contributed by atoms with Crippen LogP contribution in [0.25, 0.3) is 5.76 Å². The van der Waals surface area contributed by atoms with E-state index in [0.717, 1.165) is 19.5 Å². The third-order valence-corrected chi connectivity index (χ3v) is 6.97. The number of amides is 1. The van der Waals surface area contributed by atoms with E-state index in [1.54, 1.807) is 48.4 Å². The number of hydrogen-bond donors (Lipinski definition) is 1. The van der Waals surface area contributed by atoms with Gasteiger partial charge in [0.25, 0.3) is 11.7 Å². The van der Waals surface area contributed by atoms with Crippen LogP contribution in [0.1, 0.15) is 58.2 Å². The van der Waals surface area contributed by atoms with E-state index < -0.39 is 17.7 Å². The lowest BCUT2D eigenvalue weighted by atomic mass is 9.95. The Kier molecular flexibility index (Phi) is 10.8. The standard InChI is InChI=1S/C31H42N2O6/c1-7-32(8-2)16-17-33-28(22-13-14-25(26(20-22)37-6)39-18-15-21(4)5)27(30(35)31(33)36)29(34)23-11-10-12-24(19-23)38-9-3/h10-14,19-21,28,34H,7-9,15-18H2,1-6H3. The molecule has 1 aliphatic heterocycles. The Morgan fingerprint density at radius 3 is 2.41 bits per heavy atom. The third-order valence-electron chi connectivity index (χ3n) is 6.97. The minimum atomic E-state index is -0.782. The molecule has 0 aliphatic carbocycles. The molecular formula is C31H42N2O6. The van der Waals surface area contributed by atoms with E-state index in [1.165, 1.54) is 0 Å². The number of methoxy groups -OCH3 is 1. The molecular weight excluding hydrogens is 496 g/mol. The second-order valence-corrected chi connectivity index (χ2v) is 9.92. The molecule has 2 aromatic carbocycles. The molecule has 2 aromatic rings. The summed E-state index contributed by atoms with van der Waals surface area (Å²) in [6.45, 7) is 13.9. The highest BCUT2D eigenvalue weighted by Crippen LogP contribution is 2.42. The molecule has 8 heteroatoms. The van der Waals surface area contributed by atoms with E-state index in [-0.39, 0.29) is 11.3 Å². The Labute approximate surface area is 232 Å². The van der Waals surface area contributed by atoms with Crippen molar-refractivity contribution in [1.82, 2.24) is 9.80 Å². The van der Waals surface area contributed by atoms with E-state index in [4.69, 9.17) is 14.2 Å². The van der Waals surface area contributed by atoms with Gasteiger partial charge in [-0.1, -0.05) is 45.9 Å². The van der Waals surface area contributed by atoms with E-state index in [0.29, 0.717) is 60.6 Å². The van der Waals surface area contributed by atoms with Crippen LogP contribution in [0.2, 0.25) is 0 Å². The van der Waals surface area contributed by atoms with Crippen LogP contribution in [0, 0.1) is 5.92 Å². The summed E-state index contributed by atoms with van der Waals surface area (Å²) in [5.41, 5.74) is 1.11. The minimum absolute atomic E-state index is 0.0451. The molecule has 0 radical (unpaired) electrons. The van der Waals surface area contributed by atoms with Crippen LogP contribution >= 0.6 is 0 Å². The summed E-state index contributed by atoms with van der Waals surface area (Å²) in [5.74, 6) is 0.582. The number of ether oxygens (including phenoxy) is 3. The van der Waals surface area contributed by atoms with E-state index in [1.807, 2.05) is 13.0 Å². The zero-order chi connectivity index (χ0) is 28.5. The normalized spacial score (nSPS) is 16.8. The lowest BCUT2D eigenvalue weighted by Crippen LogP contribution is -2.38. The highest BCUT2D eigenvalue weighted by Gasteiger charge is 2.46. The first-order valence-corrected chi connectivity index (χ1v) is 13.8. The number of aliphatic hydroxyl groups is 1. The fraction of sp³-hybridized carbons (Fsp3) is 0.484. The number of aliphatic hydroxyl groups excluding tert-OH is 1. The number of carbonyl (C=O) groups is 2. The van der Waals surface area contributed by atoms with Crippen molar-refractivity contribution in [1.29, 1.82) is 0 Å². The zero-order valence-corrected chi connectivity index (χ0v) is 24.0. The van der Waals surface area contributed by atoms with Crippen molar-refractivity contribution >= 4 is 17.4 Å². The molecule has 1 N–H and O–H groups in total. The molecule has 1 saturated heterocycles. The number of nitrogens with zero attached hydrogens (tertiary/aromatic N) is 2. The highest BCUT2D eigenvalue weighted by atomic mass is 16.5. The van der Waals surface area contributed by atoms with Crippen LogP contribution < -0.4 is 14.2 Å². The number of benzene rings is 2. The average Bonchev–Trinajstić information content (AvgIpc) is 3.18. The van der Waals surface area contributed by atoms with Crippen LogP contribution in [0.4, 0.5) is 0 Å². The van der Waals surface area contributed by atoms with E-state index in [2.05, 4.69) is 32.6 Å². The third kappa shape index (κ3) is 7.12. The molecule has 8 nitrogen and oxygen atoms in total. The SMILES string of the molecule is CCOc1cccc(C(O)=C2C(=O)C(=O)N(CCN(CC)CC)C2c2ccc(OCCC(C)C)c(OC)c2)c1. The summed E-state index contributed by atoms with van der Waals surface area (Å²) in [4.78, 5) is 30.5. The van der Waals surface area contributed by atoms with E-state index >= 15 is 0 Å². The molecule has 3 rings (SSSR count). The average molecular weight is 539 g/mol. The van der Waals surface area contributed by atoms with E-state index in [9.17, 15) is 14.7 Å². The number of Topliss-reactive ketones (excluding diaryl/α,β-unsaturated/α-hetero) is 1. The minimum Gasteiger partial charge on any atom is -0.507 e. The quantitative estimate of drug-likeness (QED) is 0.199. The van der Waals surface area contributed by atoms with Gasteiger partial charge in [-0.2, -0.15) is 0 Å². The molecule has 1 atom stereocenters. The largest absolute Gasteiger partial charge is 0.507 e. The molecule has 0 spiro atoms. The van der Waals surface area contributed by atoms with Gasteiger partial charge in [-0.05, 0) is 62.2 Å². The Bertz CT molecular complexity index is 1170. The summed E-state index contributed by atoms with van der Waals surface area (Å²) >= 11 is 0. The molecule has 1 heterocycles. The second-order valence-electron chi connectivity index (χ2n) is 9.92. The van der Waals surface area contributed by atoms with Gasteiger partial charge in [0.2, 0.25) is 0 Å². The van der Waals surface area contributed by atoms with Gasteiger partial charge in [0, 0.05) is 18.7 Å². The molecule has 1 aliphatic rings. The Balaban J connectivity index is 2.09. The van der Waals surface area contributed by atoms with Gasteiger partial charge in [-0.3, -0.25) is 9.59 Å². The van der Waals surface area contributed by atoms with Gasteiger partial charge >= 0.3 is 0 Å². The Morgan fingerprint density at radius 1 is 1.03 bits per heavy atom. The van der Waals surface area contributed by atoms with Gasteiger partial charge in [0.1, 0.15) is 11.5 Å². The van der Waals surface area contributed by atoms with Crippen molar-refractivity contribution in [2.45, 2.75) is 47.1 Å². The van der Waals surface area contributed by atoms with Crippen molar-refractivity contribution in [3.05, 3.63) is 59.2 Å². The monoisotopic (exact) mass is 538 g/mol. The Hall–Kier alpha value is -3.52. The van der Waals surface area contributed by atoms with Crippen LogP contribution in [0.15, 0.2) is 48.0 Å². The second kappa shape index (κ2) is 14.0. The summed E-state index contributed by atoms with van der Waals surface area (Å²) in [5, 5.41) is 11.4. The number of rotatable bonds is 14. The van der Waals surface area contributed by atoms with Gasteiger partial charge < -0.3 is 29.1 Å². The van der Waals surface area contributed by atoms with Crippen molar-refractivity contribution in [2.24, 2.45) is 5.92 Å². The smallest absolute Gasteiger partial charge is 0.295 e. The molecule has 212 valence electrons. The topological polar surface area (TPSA) is 88.5 Å². The van der Waals surface area contributed by atoms with Crippen molar-refractivity contribution in [3.8, 4) is 17.2 Å². The number of likely N-dealkylation sites (tertiary alicyclic amines) is 1. The van der Waals surface area contributed by atoms with Crippen molar-refractivity contribution in [3.63, 3.8) is 0 Å². The van der Waals surface area contributed by atoms with Crippen LogP contribution in [0.3, 0.4) is 0 Å². The number of ketones is 1. The maximum atomic E-state index is 13.4. The number of carbonyl (C=O) groups excluding carboxylic acids is 2. The fourth-order valence-corrected chi connectivity index (χ4v) is 4.68. The van der Waals surface area contributed by atoms with Crippen LogP contribution in [-0.2, 0) is 9.59 Å². The first-order valence-electron chi connectivity index (χ1n) is 13.8. The molecule has 1 amide bonds. The maximum absolute atomic E-state index is 13.4. The van der Waals surface area contributed by atoms with Gasteiger partial charge in [-0.25, -0.2) is 0 Å². The van der Waals surface area contributed by atoms with Crippen LogP contribution in [0.5, 0.6) is 17.2 Å². The summed E-state index contributed by atoms with van der Waals surface area (Å²) in [7, 11) is 1.56. The summed E-state index contributed by atoms with van der Waals surface area (Å²) in [6, 6.07) is 11.5. The molecule has 0 bridgehead atoms. The molecule has 0 aromatic heterocycles. The molecule has 1 fully saturated rings. The predicted octanol–water partition coefficient (Wildman–Crippen LogP) is 5.28. The maximum Gasteiger partial charge on any atom is 0.295 e. The zero-order valence-electron chi connectivity index (χ0n) is 24.0. The van der Waals surface area contributed by atoms with Gasteiger partial charge in [0.05, 0.1) is 31.9 Å². The lowest BCUT2D eigenvalue weighted by molar-refractivity contribution is -0.140. The lowest BCUT2D eigenvalue weighted by Gasteiger charge is -2.28. The predicted molar refractivity (Wildman–Crippen MR) is 152 cm³/mol. The molecule has 1 unspecified atom stereocenters. The van der Waals surface area contributed by atoms with Gasteiger partial charge in [-0.15, -0.1) is 0 Å². The van der Waals surface area contributed by atoms with Gasteiger partial charge in [0.15, 0.2) is 11.5 Å². The Morgan fingerprint density at radius 2 is 1.77 bits per heavy atom. The molecule has 0 saturated carbocycles. The van der Waals surface area contributed by atoms with Crippen molar-refractivity contribution < 1.29 is 28.9 Å². The first kappa shape index (κ1) is 30.0. The summed E-state index contributed by atoms with van der Waals surface area (Å²) in [6.07, 6.45) is 0.900. The number of hydrogen-bond acceptors (Lipinski definition) is 7. The number of likely N-dealkylation sites (N-methyl/N-ethyl adjacent to an activating group) is 1. The van der Waals surface area contributed by atoms with Crippen LogP contribution in [-0.4, -0.2) is 73.1 Å².